The molecule has 39 heavy (non-hydrogen) atoms. The van der Waals surface area contributed by atoms with Gasteiger partial charge < -0.3 is 10.4 Å². The first-order valence-electron chi connectivity index (χ1n) is 12.2. The Bertz CT molecular complexity index is 1650. The van der Waals surface area contributed by atoms with E-state index in [1.165, 1.54) is 0 Å². The molecule has 8 nitrogen and oxygen atoms in total. The summed E-state index contributed by atoms with van der Waals surface area (Å²) in [6.07, 6.45) is 3.26. The van der Waals surface area contributed by atoms with Crippen LogP contribution in [0.15, 0.2) is 79.1 Å². The van der Waals surface area contributed by atoms with Gasteiger partial charge in [-0.25, -0.2) is 9.97 Å². The molecule has 0 saturated heterocycles. The molecule has 10 heteroatoms. The van der Waals surface area contributed by atoms with Crippen LogP contribution in [0.25, 0.3) is 33.5 Å². The molecule has 196 valence electrons. The molecule has 0 radical (unpaired) electrons. The van der Waals surface area contributed by atoms with Gasteiger partial charge in [0.25, 0.3) is 5.91 Å². The van der Waals surface area contributed by atoms with Crippen LogP contribution in [-0.4, -0.2) is 43.3 Å². The van der Waals surface area contributed by atoms with Crippen molar-refractivity contribution in [2.75, 3.05) is 6.54 Å². The molecular weight excluding hydrogens is 537 g/mol. The van der Waals surface area contributed by atoms with Crippen LogP contribution in [0.2, 0.25) is 10.0 Å². The first-order valence-corrected chi connectivity index (χ1v) is 12.9. The molecule has 1 amide bonds. The number of aliphatic carboxylic acids is 1. The summed E-state index contributed by atoms with van der Waals surface area (Å²) in [6, 6.07) is 20.0. The van der Waals surface area contributed by atoms with E-state index in [9.17, 15) is 9.59 Å². The largest absolute Gasteiger partial charge is 0.481 e. The van der Waals surface area contributed by atoms with Gasteiger partial charge in [0.2, 0.25) is 0 Å². The third kappa shape index (κ3) is 5.77. The lowest BCUT2D eigenvalue weighted by Crippen LogP contribution is -2.26. The predicted molar refractivity (Wildman–Crippen MR) is 151 cm³/mol. The van der Waals surface area contributed by atoms with Gasteiger partial charge in [0, 0.05) is 51.1 Å². The zero-order valence-corrected chi connectivity index (χ0v) is 22.3. The van der Waals surface area contributed by atoms with Crippen molar-refractivity contribution in [3.63, 3.8) is 0 Å². The second-order valence-electron chi connectivity index (χ2n) is 8.95. The summed E-state index contributed by atoms with van der Waals surface area (Å²) in [5.41, 5.74) is 4.62. The number of amides is 1. The third-order valence-corrected chi connectivity index (χ3v) is 6.75. The molecule has 5 aromatic rings. The van der Waals surface area contributed by atoms with E-state index in [2.05, 4.69) is 15.3 Å². The van der Waals surface area contributed by atoms with Crippen molar-refractivity contribution in [2.24, 2.45) is 0 Å². The Hall–Kier alpha value is -4.27. The zero-order chi connectivity index (χ0) is 27.5. The van der Waals surface area contributed by atoms with Crippen molar-refractivity contribution in [3.05, 3.63) is 100 Å². The van der Waals surface area contributed by atoms with Gasteiger partial charge in [-0.05, 0) is 61.0 Å². The maximum Gasteiger partial charge on any atom is 0.305 e. The monoisotopic (exact) mass is 559 g/mol. The number of nitrogens with zero attached hydrogens (tertiary/aromatic N) is 4. The summed E-state index contributed by atoms with van der Waals surface area (Å²) in [5, 5.41) is 18.3. The van der Waals surface area contributed by atoms with Crippen LogP contribution in [0.5, 0.6) is 0 Å². The van der Waals surface area contributed by atoms with E-state index in [4.69, 9.17) is 33.4 Å². The van der Waals surface area contributed by atoms with E-state index in [0.717, 1.165) is 33.3 Å². The third-order valence-electron chi connectivity index (χ3n) is 6.31. The molecule has 0 aliphatic carbocycles. The molecule has 0 bridgehead atoms. The molecule has 2 heterocycles. The number of fused-ring (bicyclic) bond motifs is 1. The Morgan fingerprint density at radius 1 is 0.949 bits per heavy atom. The number of carboxylic acid groups (broad SMARTS) is 1. The smallest absolute Gasteiger partial charge is 0.305 e. The minimum absolute atomic E-state index is 0.0648. The van der Waals surface area contributed by atoms with Crippen LogP contribution >= 0.6 is 23.2 Å². The summed E-state index contributed by atoms with van der Waals surface area (Å²) in [4.78, 5) is 31.9. The number of nitrogens with one attached hydrogen (secondary N) is 1. The first kappa shape index (κ1) is 26.3. The van der Waals surface area contributed by atoms with Crippen LogP contribution in [0.1, 0.15) is 35.3 Å². The molecule has 5 rings (SSSR count). The highest BCUT2D eigenvalue weighted by Crippen LogP contribution is 2.35. The highest BCUT2D eigenvalue weighted by Gasteiger charge is 2.20. The first-order chi connectivity index (χ1) is 18.8. The minimum atomic E-state index is -0.965. The fourth-order valence-corrected chi connectivity index (χ4v) is 4.89. The molecule has 0 fully saturated rings. The van der Waals surface area contributed by atoms with E-state index in [1.807, 2.05) is 54.1 Å². The standard InChI is InChI=1S/C29H23Cl2N5O3/c1-17(18-3-5-19(6-4-18)29(39)34-12-9-26(37)38)36-25-15-20(28-32-10-2-11-33-28)7-8-24(25)27(35-36)21-13-22(30)16-23(31)14-21/h2-8,10-11,13-17H,9,12H2,1H3,(H,34,39)(H,37,38)/t17-/m0/s1. The molecule has 0 saturated carbocycles. The van der Waals surface area contributed by atoms with E-state index in [1.54, 1.807) is 36.7 Å². The Labute approximate surface area is 234 Å². The lowest BCUT2D eigenvalue weighted by atomic mass is 10.0. The lowest BCUT2D eigenvalue weighted by Gasteiger charge is -2.15. The average Bonchev–Trinajstić information content (AvgIpc) is 3.31. The fraction of sp³-hybridized carbons (Fsp3) is 0.138. The van der Waals surface area contributed by atoms with Gasteiger partial charge in [0.1, 0.15) is 5.69 Å². The summed E-state index contributed by atoms with van der Waals surface area (Å²) in [5.74, 6) is -0.689. The molecule has 1 atom stereocenters. The van der Waals surface area contributed by atoms with Gasteiger partial charge >= 0.3 is 5.97 Å². The van der Waals surface area contributed by atoms with Crippen molar-refractivity contribution in [1.82, 2.24) is 25.1 Å². The van der Waals surface area contributed by atoms with Crippen LogP contribution in [-0.2, 0) is 4.79 Å². The fourth-order valence-electron chi connectivity index (χ4n) is 4.36. The van der Waals surface area contributed by atoms with Crippen LogP contribution in [0, 0.1) is 0 Å². The van der Waals surface area contributed by atoms with Crippen molar-refractivity contribution in [1.29, 1.82) is 0 Å². The van der Waals surface area contributed by atoms with Crippen molar-refractivity contribution >= 4 is 46.0 Å². The normalized spacial score (nSPS) is 11.9. The summed E-state index contributed by atoms with van der Waals surface area (Å²) in [6.45, 7) is 2.09. The molecule has 2 N–H and O–H groups in total. The highest BCUT2D eigenvalue weighted by molar-refractivity contribution is 6.35. The second kappa shape index (κ2) is 11.2. The SMILES string of the molecule is C[C@@H](c1ccc(C(=O)NCCC(=O)O)cc1)n1nc(-c2cc(Cl)cc(Cl)c2)c2ccc(-c3ncccn3)cc21. The lowest BCUT2D eigenvalue weighted by molar-refractivity contribution is -0.136. The number of hydrogen-bond acceptors (Lipinski definition) is 5. The Kier molecular flexibility index (Phi) is 7.58. The highest BCUT2D eigenvalue weighted by atomic mass is 35.5. The second-order valence-corrected chi connectivity index (χ2v) is 9.83. The van der Waals surface area contributed by atoms with Crippen LogP contribution in [0.4, 0.5) is 0 Å². The van der Waals surface area contributed by atoms with Crippen molar-refractivity contribution in [2.45, 2.75) is 19.4 Å². The van der Waals surface area contributed by atoms with E-state index in [-0.39, 0.29) is 24.9 Å². The maximum atomic E-state index is 12.4. The van der Waals surface area contributed by atoms with Gasteiger partial charge in [-0.15, -0.1) is 0 Å². The van der Waals surface area contributed by atoms with Gasteiger partial charge in [-0.1, -0.05) is 41.4 Å². The summed E-state index contributed by atoms with van der Waals surface area (Å²) < 4.78 is 1.92. The summed E-state index contributed by atoms with van der Waals surface area (Å²) >= 11 is 12.6. The number of hydrogen-bond donors (Lipinski definition) is 2. The van der Waals surface area contributed by atoms with Crippen molar-refractivity contribution < 1.29 is 14.7 Å². The van der Waals surface area contributed by atoms with E-state index >= 15 is 0 Å². The quantitative estimate of drug-likeness (QED) is 0.231. The maximum absolute atomic E-state index is 12.4. The number of halogens is 2. The summed E-state index contributed by atoms with van der Waals surface area (Å²) in [7, 11) is 0. The Balaban J connectivity index is 1.55. The number of rotatable bonds is 8. The molecule has 2 aromatic heterocycles. The molecule has 0 aliphatic rings. The number of carbonyl (C=O) groups is 2. The Morgan fingerprint density at radius 2 is 1.64 bits per heavy atom. The molecule has 0 unspecified atom stereocenters. The minimum Gasteiger partial charge on any atom is -0.481 e. The number of carboxylic acids is 1. The number of aromatic nitrogens is 4. The van der Waals surface area contributed by atoms with Gasteiger partial charge in [0.05, 0.1) is 18.0 Å². The van der Waals surface area contributed by atoms with E-state index in [0.29, 0.717) is 21.4 Å². The number of carbonyl (C=O) groups excluding carboxylic acids is 1. The van der Waals surface area contributed by atoms with Gasteiger partial charge in [-0.2, -0.15) is 5.10 Å². The van der Waals surface area contributed by atoms with Gasteiger partial charge in [0.15, 0.2) is 5.82 Å². The van der Waals surface area contributed by atoms with Crippen molar-refractivity contribution in [3.8, 4) is 22.6 Å². The molecule has 0 spiro atoms. The van der Waals surface area contributed by atoms with Crippen LogP contribution < -0.4 is 5.32 Å². The number of benzene rings is 3. The topological polar surface area (TPSA) is 110 Å². The van der Waals surface area contributed by atoms with Crippen LogP contribution in [0.3, 0.4) is 0 Å². The van der Waals surface area contributed by atoms with E-state index < -0.39 is 5.97 Å². The molecule has 0 aliphatic heterocycles. The molecule has 3 aromatic carbocycles. The average molecular weight is 560 g/mol. The van der Waals surface area contributed by atoms with Gasteiger partial charge in [-0.3, -0.25) is 14.3 Å². The zero-order valence-electron chi connectivity index (χ0n) is 20.8. The predicted octanol–water partition coefficient (Wildman–Crippen LogP) is 6.28. The molecular formula is C29H23Cl2N5O3. The Morgan fingerprint density at radius 3 is 2.31 bits per heavy atom.